The van der Waals surface area contributed by atoms with Gasteiger partial charge in [0, 0.05) is 13.1 Å². The van der Waals surface area contributed by atoms with Gasteiger partial charge >= 0.3 is 6.03 Å². The van der Waals surface area contributed by atoms with E-state index in [1.54, 1.807) is 43.3 Å². The number of amides is 3. The maximum Gasteiger partial charge on any atom is 0.325 e. The quantitative estimate of drug-likeness (QED) is 0.490. The van der Waals surface area contributed by atoms with Gasteiger partial charge in [0.05, 0.1) is 30.3 Å². The number of sulfonamides is 1. The van der Waals surface area contributed by atoms with Gasteiger partial charge in [-0.2, -0.15) is 4.31 Å². The Kier molecular flexibility index (Phi) is 5.83. The summed E-state index contributed by atoms with van der Waals surface area (Å²) in [5, 5.41) is 13.9. The lowest BCUT2D eigenvalue weighted by Crippen LogP contribution is -2.41. The first-order chi connectivity index (χ1) is 16.8. The molecule has 12 nitrogen and oxygen atoms in total. The van der Waals surface area contributed by atoms with E-state index in [4.69, 9.17) is 4.74 Å². The van der Waals surface area contributed by atoms with Crippen LogP contribution in [-0.2, 0) is 31.6 Å². The number of hydrogen-bond acceptors (Lipinski definition) is 8. The maximum absolute atomic E-state index is 13.4. The van der Waals surface area contributed by atoms with Crippen molar-refractivity contribution >= 4 is 22.0 Å². The minimum absolute atomic E-state index is 0.0700. The lowest BCUT2D eigenvalue weighted by Gasteiger charge is -2.26. The first-order valence-corrected chi connectivity index (χ1v) is 12.4. The fourth-order valence-corrected chi connectivity index (χ4v) is 5.68. The summed E-state index contributed by atoms with van der Waals surface area (Å²) in [5.74, 6) is -0.446. The molecule has 1 unspecified atom stereocenters. The predicted molar refractivity (Wildman–Crippen MR) is 122 cm³/mol. The number of rotatable bonds is 6. The predicted octanol–water partition coefficient (Wildman–Crippen LogP) is 0.650. The molecule has 2 saturated heterocycles. The molecule has 0 saturated carbocycles. The molecule has 1 N–H and O–H groups in total. The van der Waals surface area contributed by atoms with Crippen LogP contribution in [0.4, 0.5) is 4.79 Å². The molecule has 182 valence electrons. The standard InChI is InChI=1S/C22H23N7O5S/c1-22(17-5-3-6-18(13-17)29-15-23-25-26-29)20(30)28(21(31)24-22)14-16-4-2-7-19(12-16)35(32,33)27-8-10-34-11-9-27/h2-7,12-13,15H,8-11,14H2,1H3,(H,24,31). The molecule has 3 aromatic rings. The number of nitrogens with zero attached hydrogens (tertiary/aromatic N) is 6. The van der Waals surface area contributed by atoms with E-state index in [0.717, 1.165) is 4.90 Å². The Balaban J connectivity index is 1.39. The van der Waals surface area contributed by atoms with Crippen LogP contribution in [0.25, 0.3) is 5.69 Å². The highest BCUT2D eigenvalue weighted by Gasteiger charge is 2.49. The zero-order valence-electron chi connectivity index (χ0n) is 18.9. The van der Waals surface area contributed by atoms with Crippen LogP contribution in [0.3, 0.4) is 0 Å². The summed E-state index contributed by atoms with van der Waals surface area (Å²) in [7, 11) is -3.71. The molecule has 5 rings (SSSR count). The second kappa shape index (κ2) is 8.83. The number of carbonyl (C=O) groups excluding carboxylic acids is 2. The minimum atomic E-state index is -3.71. The molecule has 0 aliphatic carbocycles. The Hall–Kier alpha value is -3.68. The highest BCUT2D eigenvalue weighted by molar-refractivity contribution is 7.89. The zero-order valence-corrected chi connectivity index (χ0v) is 19.7. The Morgan fingerprint density at radius 3 is 2.60 bits per heavy atom. The van der Waals surface area contributed by atoms with E-state index in [1.807, 2.05) is 0 Å². The van der Waals surface area contributed by atoms with Gasteiger partial charge in [-0.3, -0.25) is 9.69 Å². The van der Waals surface area contributed by atoms with Crippen LogP contribution in [-0.4, -0.2) is 76.1 Å². The van der Waals surface area contributed by atoms with Crippen molar-refractivity contribution in [2.24, 2.45) is 0 Å². The molecule has 2 aromatic carbocycles. The summed E-state index contributed by atoms with van der Waals surface area (Å²) in [6.07, 6.45) is 1.43. The monoisotopic (exact) mass is 497 g/mol. The minimum Gasteiger partial charge on any atom is -0.379 e. The Labute approximate surface area is 201 Å². The van der Waals surface area contributed by atoms with E-state index >= 15 is 0 Å². The average Bonchev–Trinajstić information content (AvgIpc) is 3.49. The normalized spacial score (nSPS) is 21.3. The fourth-order valence-electron chi connectivity index (χ4n) is 4.20. The summed E-state index contributed by atoms with van der Waals surface area (Å²) in [5.41, 5.74) is 0.415. The second-order valence-corrected chi connectivity index (χ2v) is 10.4. The summed E-state index contributed by atoms with van der Waals surface area (Å²) in [6, 6.07) is 12.7. The number of tetrazole rings is 1. The fraction of sp³-hybridized carbons (Fsp3) is 0.318. The molecule has 1 aromatic heterocycles. The van der Waals surface area contributed by atoms with Crippen molar-refractivity contribution in [3.8, 4) is 5.69 Å². The van der Waals surface area contributed by atoms with E-state index in [-0.39, 0.29) is 24.5 Å². The van der Waals surface area contributed by atoms with Crippen LogP contribution in [0.1, 0.15) is 18.1 Å². The number of nitrogens with one attached hydrogen (secondary N) is 1. The second-order valence-electron chi connectivity index (χ2n) is 8.42. The van der Waals surface area contributed by atoms with Crippen molar-refractivity contribution in [2.75, 3.05) is 26.3 Å². The zero-order chi connectivity index (χ0) is 24.6. The first-order valence-electron chi connectivity index (χ1n) is 10.9. The molecule has 2 aliphatic heterocycles. The van der Waals surface area contributed by atoms with Gasteiger partial charge in [-0.15, -0.1) is 5.10 Å². The number of urea groups is 1. The highest BCUT2D eigenvalue weighted by atomic mass is 32.2. The molecule has 0 radical (unpaired) electrons. The van der Waals surface area contributed by atoms with E-state index < -0.39 is 27.5 Å². The largest absolute Gasteiger partial charge is 0.379 e. The Morgan fingerprint density at radius 2 is 1.86 bits per heavy atom. The van der Waals surface area contributed by atoms with Gasteiger partial charge < -0.3 is 10.1 Å². The lowest BCUT2D eigenvalue weighted by molar-refractivity contribution is -0.131. The van der Waals surface area contributed by atoms with Gasteiger partial charge in [-0.25, -0.2) is 17.9 Å². The van der Waals surface area contributed by atoms with Crippen LogP contribution in [0.2, 0.25) is 0 Å². The van der Waals surface area contributed by atoms with E-state index in [1.165, 1.54) is 27.4 Å². The number of morpholine rings is 1. The number of aromatic nitrogens is 4. The number of hydrogen-bond donors (Lipinski definition) is 1. The molecule has 35 heavy (non-hydrogen) atoms. The Morgan fingerprint density at radius 1 is 1.09 bits per heavy atom. The summed E-state index contributed by atoms with van der Waals surface area (Å²) >= 11 is 0. The molecule has 3 amide bonds. The highest BCUT2D eigenvalue weighted by Crippen LogP contribution is 2.31. The van der Waals surface area contributed by atoms with Gasteiger partial charge in [0.2, 0.25) is 10.0 Å². The molecule has 0 spiro atoms. The number of carbonyl (C=O) groups is 2. The van der Waals surface area contributed by atoms with Crippen LogP contribution < -0.4 is 5.32 Å². The number of imide groups is 1. The van der Waals surface area contributed by atoms with Gasteiger partial charge in [0.1, 0.15) is 11.9 Å². The number of benzene rings is 2. The molecule has 3 heterocycles. The SMILES string of the molecule is CC1(c2cccc(-n3cnnn3)c2)NC(=O)N(Cc2cccc(S(=O)(=O)N3CCOCC3)c2)C1=O. The third-order valence-corrected chi connectivity index (χ3v) is 8.05. The molecular weight excluding hydrogens is 474 g/mol. The van der Waals surface area contributed by atoms with E-state index in [9.17, 15) is 18.0 Å². The third-order valence-electron chi connectivity index (χ3n) is 6.16. The van der Waals surface area contributed by atoms with Crippen LogP contribution in [0.15, 0.2) is 59.8 Å². The molecule has 2 fully saturated rings. The third kappa shape index (κ3) is 4.17. The van der Waals surface area contributed by atoms with Gasteiger partial charge in [-0.05, 0) is 52.7 Å². The molecule has 1 atom stereocenters. The van der Waals surface area contributed by atoms with Gasteiger partial charge in [0.15, 0.2) is 0 Å². The van der Waals surface area contributed by atoms with Crippen molar-refractivity contribution in [3.05, 3.63) is 66.0 Å². The first kappa shape index (κ1) is 23.1. The van der Waals surface area contributed by atoms with Crippen molar-refractivity contribution in [1.29, 1.82) is 0 Å². The van der Waals surface area contributed by atoms with E-state index in [0.29, 0.717) is 30.0 Å². The number of ether oxygens (including phenoxy) is 1. The summed E-state index contributed by atoms with van der Waals surface area (Å²) in [4.78, 5) is 27.5. The average molecular weight is 498 g/mol. The Bertz CT molecular complexity index is 1370. The van der Waals surface area contributed by atoms with Crippen molar-refractivity contribution in [1.82, 2.24) is 34.7 Å². The van der Waals surface area contributed by atoms with Gasteiger partial charge in [-0.1, -0.05) is 24.3 Å². The van der Waals surface area contributed by atoms with Crippen molar-refractivity contribution in [2.45, 2.75) is 23.9 Å². The smallest absolute Gasteiger partial charge is 0.325 e. The topological polar surface area (TPSA) is 140 Å². The molecule has 0 bridgehead atoms. The molecular formula is C22H23N7O5S. The van der Waals surface area contributed by atoms with Crippen LogP contribution in [0, 0.1) is 0 Å². The molecule has 13 heteroatoms. The van der Waals surface area contributed by atoms with Crippen molar-refractivity contribution in [3.63, 3.8) is 0 Å². The van der Waals surface area contributed by atoms with Crippen LogP contribution >= 0.6 is 0 Å². The maximum atomic E-state index is 13.4. The summed E-state index contributed by atoms with van der Waals surface area (Å²) < 4.78 is 34.1. The van der Waals surface area contributed by atoms with Gasteiger partial charge in [0.25, 0.3) is 5.91 Å². The van der Waals surface area contributed by atoms with Crippen LogP contribution in [0.5, 0.6) is 0 Å². The lowest BCUT2D eigenvalue weighted by atomic mass is 9.91. The summed E-state index contributed by atoms with van der Waals surface area (Å²) in [6.45, 7) is 2.80. The van der Waals surface area contributed by atoms with E-state index in [2.05, 4.69) is 20.8 Å². The molecule has 2 aliphatic rings. The van der Waals surface area contributed by atoms with Crippen molar-refractivity contribution < 1.29 is 22.7 Å².